The molecule has 2 aliphatic rings. The Labute approximate surface area is 172 Å². The summed E-state index contributed by atoms with van der Waals surface area (Å²) in [6.45, 7) is 5.29. The summed E-state index contributed by atoms with van der Waals surface area (Å²) in [5.74, 6) is -0.221. The summed E-state index contributed by atoms with van der Waals surface area (Å²) in [7, 11) is 6.65. The maximum absolute atomic E-state index is 12.5. The fraction of sp³-hybridized carbons (Fsp3) is 0.500. The van der Waals surface area contributed by atoms with Crippen LogP contribution in [0.3, 0.4) is 0 Å². The van der Waals surface area contributed by atoms with Crippen molar-refractivity contribution < 1.29 is 28.6 Å². The first-order valence-corrected chi connectivity index (χ1v) is 9.67. The van der Waals surface area contributed by atoms with Gasteiger partial charge >= 0.3 is 5.97 Å². The lowest BCUT2D eigenvalue weighted by Gasteiger charge is -2.35. The van der Waals surface area contributed by atoms with Gasteiger partial charge in [0.05, 0.1) is 14.2 Å². The zero-order valence-corrected chi connectivity index (χ0v) is 18.3. The van der Waals surface area contributed by atoms with Gasteiger partial charge in [-0.25, -0.2) is 0 Å². The standard InChI is InChI=1S/C18H18O6.C2H7N.C2H6/c1-9(19)24-18-15(22-2)5-4-11-13(20)6-10-7-16(23-3)14(21)8-12(10)17(11)18;1-3-2;1-2/h4-5,7,10,12H,6,8H2,1-3H3;3H,1-2H3;1-2H3. The molecule has 0 fully saturated rings. The van der Waals surface area contributed by atoms with Gasteiger partial charge in [0.25, 0.3) is 0 Å². The Morgan fingerprint density at radius 1 is 1.03 bits per heavy atom. The van der Waals surface area contributed by atoms with Crippen LogP contribution in [0.4, 0.5) is 0 Å². The number of ketones is 2. The average Bonchev–Trinajstić information content (AvgIpc) is 2.70. The Kier molecular flexibility index (Phi) is 9.55. The number of rotatable bonds is 3. The van der Waals surface area contributed by atoms with Crippen molar-refractivity contribution in [1.29, 1.82) is 0 Å². The highest BCUT2D eigenvalue weighted by Gasteiger charge is 2.41. The van der Waals surface area contributed by atoms with Crippen molar-refractivity contribution >= 4 is 17.5 Å². The topological polar surface area (TPSA) is 90.9 Å². The molecule has 0 aliphatic heterocycles. The van der Waals surface area contributed by atoms with Crippen LogP contribution in [0.25, 0.3) is 0 Å². The monoisotopic (exact) mass is 405 g/mol. The molecular weight excluding hydrogens is 374 g/mol. The van der Waals surface area contributed by atoms with E-state index in [0.717, 1.165) is 0 Å². The van der Waals surface area contributed by atoms with Crippen molar-refractivity contribution in [2.24, 2.45) is 5.92 Å². The van der Waals surface area contributed by atoms with Gasteiger partial charge < -0.3 is 19.5 Å². The van der Waals surface area contributed by atoms with E-state index in [0.29, 0.717) is 23.3 Å². The van der Waals surface area contributed by atoms with Crippen molar-refractivity contribution in [3.63, 3.8) is 0 Å². The highest BCUT2D eigenvalue weighted by Crippen LogP contribution is 2.49. The number of fused-ring (bicyclic) bond motifs is 3. The predicted octanol–water partition coefficient (Wildman–Crippen LogP) is 3.27. The molecule has 3 rings (SSSR count). The number of nitrogens with one attached hydrogen (secondary N) is 1. The maximum Gasteiger partial charge on any atom is 0.308 e. The number of methoxy groups -OCH3 is 2. The van der Waals surface area contributed by atoms with Crippen LogP contribution in [0.5, 0.6) is 11.5 Å². The summed E-state index contributed by atoms with van der Waals surface area (Å²) < 4.78 is 15.7. The molecule has 0 aromatic heterocycles. The third-order valence-electron chi connectivity index (χ3n) is 4.50. The lowest BCUT2D eigenvalue weighted by molar-refractivity contribution is -0.132. The van der Waals surface area contributed by atoms with Crippen molar-refractivity contribution in [2.45, 2.75) is 39.5 Å². The maximum atomic E-state index is 12.5. The van der Waals surface area contributed by atoms with Gasteiger partial charge in [0.2, 0.25) is 0 Å². The predicted molar refractivity (Wildman–Crippen MR) is 111 cm³/mol. The second-order valence-electron chi connectivity index (χ2n) is 6.41. The molecule has 0 spiro atoms. The molecule has 7 nitrogen and oxygen atoms in total. The number of carbonyl (C=O) groups excluding carboxylic acids is 3. The number of benzene rings is 1. The number of Topliss-reactive ketones (excluding diaryl/α,β-unsaturated/α-hetero) is 2. The highest BCUT2D eigenvalue weighted by molar-refractivity contribution is 6.03. The number of esters is 1. The molecule has 2 unspecified atom stereocenters. The van der Waals surface area contributed by atoms with E-state index in [-0.39, 0.29) is 41.3 Å². The van der Waals surface area contributed by atoms with Crippen LogP contribution in [0, 0.1) is 5.92 Å². The SMILES string of the molecule is CC.CNC.COC1=CC2CC(=O)c3ccc(OC)c(OC(C)=O)c3C2CC1=O. The minimum absolute atomic E-state index is 0.0524. The molecule has 0 bridgehead atoms. The van der Waals surface area contributed by atoms with E-state index in [1.165, 1.54) is 21.1 Å². The molecule has 29 heavy (non-hydrogen) atoms. The fourth-order valence-corrected chi connectivity index (χ4v) is 3.48. The molecule has 160 valence electrons. The Balaban J connectivity index is 0.000000771. The molecule has 7 heteroatoms. The number of carbonyl (C=O) groups is 3. The smallest absolute Gasteiger partial charge is 0.308 e. The lowest BCUT2D eigenvalue weighted by Crippen LogP contribution is -2.31. The summed E-state index contributed by atoms with van der Waals surface area (Å²) in [5, 5.41) is 2.75. The zero-order chi connectivity index (χ0) is 22.1. The minimum atomic E-state index is -0.508. The summed E-state index contributed by atoms with van der Waals surface area (Å²) in [5.41, 5.74) is 1.06. The number of hydrogen-bond donors (Lipinski definition) is 1. The molecule has 1 aromatic rings. The second kappa shape index (κ2) is 11.4. The zero-order valence-electron chi connectivity index (χ0n) is 18.3. The largest absolute Gasteiger partial charge is 0.493 e. The Hall–Kier alpha value is -2.67. The molecule has 1 aromatic carbocycles. The summed E-state index contributed by atoms with van der Waals surface area (Å²) in [6.07, 6.45) is 2.20. The van der Waals surface area contributed by atoms with E-state index < -0.39 is 5.97 Å². The van der Waals surface area contributed by atoms with Crippen LogP contribution < -0.4 is 14.8 Å². The normalized spacial score (nSPS) is 19.2. The summed E-state index contributed by atoms with van der Waals surface area (Å²) in [6, 6.07) is 3.27. The van der Waals surface area contributed by atoms with Gasteiger partial charge in [-0.15, -0.1) is 0 Å². The lowest BCUT2D eigenvalue weighted by atomic mass is 9.69. The van der Waals surface area contributed by atoms with Crippen LogP contribution in [0.1, 0.15) is 55.5 Å². The first kappa shape index (κ1) is 24.4. The molecule has 1 N–H and O–H groups in total. The highest BCUT2D eigenvalue weighted by atomic mass is 16.6. The van der Waals surface area contributed by atoms with Crippen LogP contribution in [-0.2, 0) is 14.3 Å². The number of ether oxygens (including phenoxy) is 3. The van der Waals surface area contributed by atoms with E-state index in [9.17, 15) is 14.4 Å². The Bertz CT molecular complexity index is 784. The average molecular weight is 405 g/mol. The van der Waals surface area contributed by atoms with Gasteiger partial charge in [0.1, 0.15) is 0 Å². The molecule has 2 aliphatic carbocycles. The third kappa shape index (κ3) is 5.44. The second-order valence-corrected chi connectivity index (χ2v) is 6.41. The van der Waals surface area contributed by atoms with E-state index in [2.05, 4.69) is 5.32 Å². The van der Waals surface area contributed by atoms with Gasteiger partial charge in [-0.2, -0.15) is 0 Å². The van der Waals surface area contributed by atoms with Gasteiger partial charge in [-0.1, -0.05) is 13.8 Å². The number of hydrogen-bond acceptors (Lipinski definition) is 7. The van der Waals surface area contributed by atoms with Crippen molar-refractivity contribution in [2.75, 3.05) is 28.3 Å². The molecule has 0 radical (unpaired) electrons. The van der Waals surface area contributed by atoms with E-state index in [1.807, 2.05) is 27.9 Å². The van der Waals surface area contributed by atoms with E-state index >= 15 is 0 Å². The molecular formula is C22H31NO6. The molecule has 0 saturated heterocycles. The van der Waals surface area contributed by atoms with Crippen LogP contribution in [0.15, 0.2) is 24.0 Å². The Morgan fingerprint density at radius 2 is 1.66 bits per heavy atom. The molecule has 0 heterocycles. The van der Waals surface area contributed by atoms with E-state index in [4.69, 9.17) is 14.2 Å². The summed E-state index contributed by atoms with van der Waals surface area (Å²) >= 11 is 0. The molecule has 2 atom stereocenters. The van der Waals surface area contributed by atoms with Crippen molar-refractivity contribution in [1.82, 2.24) is 5.32 Å². The fourth-order valence-electron chi connectivity index (χ4n) is 3.48. The van der Waals surface area contributed by atoms with Gasteiger partial charge in [-0.05, 0) is 38.2 Å². The quantitative estimate of drug-likeness (QED) is 0.609. The number of allylic oxidation sites excluding steroid dienone is 2. The van der Waals surface area contributed by atoms with Crippen LogP contribution in [-0.4, -0.2) is 45.9 Å². The van der Waals surface area contributed by atoms with Crippen molar-refractivity contribution in [3.8, 4) is 11.5 Å². The Morgan fingerprint density at radius 3 is 2.17 bits per heavy atom. The minimum Gasteiger partial charge on any atom is -0.493 e. The van der Waals surface area contributed by atoms with E-state index in [1.54, 1.807) is 18.2 Å². The summed E-state index contributed by atoms with van der Waals surface area (Å²) in [4.78, 5) is 36.3. The first-order valence-electron chi connectivity index (χ1n) is 9.67. The van der Waals surface area contributed by atoms with Crippen LogP contribution in [0.2, 0.25) is 0 Å². The third-order valence-corrected chi connectivity index (χ3v) is 4.50. The van der Waals surface area contributed by atoms with Crippen LogP contribution >= 0.6 is 0 Å². The molecule has 0 saturated carbocycles. The van der Waals surface area contributed by atoms with Crippen molar-refractivity contribution in [3.05, 3.63) is 35.1 Å². The first-order chi connectivity index (χ1) is 13.9. The van der Waals surface area contributed by atoms with Gasteiger partial charge in [0, 0.05) is 36.8 Å². The molecule has 0 amide bonds. The van der Waals surface area contributed by atoms with Gasteiger partial charge in [-0.3, -0.25) is 14.4 Å². The van der Waals surface area contributed by atoms with Gasteiger partial charge in [0.15, 0.2) is 28.8 Å².